The van der Waals surface area contributed by atoms with E-state index in [2.05, 4.69) is 21.3 Å². The number of H-pyrrole nitrogens is 1. The molecule has 3 saturated heterocycles. The summed E-state index contributed by atoms with van der Waals surface area (Å²) < 4.78 is 20.8. The molecule has 4 aromatic carbocycles. The third-order valence-electron chi connectivity index (χ3n) is 10.4. The molecule has 52 heavy (non-hydrogen) atoms. The molecule has 0 radical (unpaired) electrons. The molecule has 270 valence electrons. The van der Waals surface area contributed by atoms with Crippen LogP contribution in [0.25, 0.3) is 10.9 Å². The van der Waals surface area contributed by atoms with E-state index in [1.54, 1.807) is 24.3 Å². The van der Waals surface area contributed by atoms with Crippen molar-refractivity contribution in [1.82, 2.24) is 20.1 Å². The van der Waals surface area contributed by atoms with Crippen molar-refractivity contribution < 1.29 is 29.2 Å². The third kappa shape index (κ3) is 7.81. The number of halogens is 1. The molecule has 3 aliphatic heterocycles. The van der Waals surface area contributed by atoms with Crippen molar-refractivity contribution in [3.8, 4) is 11.5 Å². The van der Waals surface area contributed by atoms with Crippen molar-refractivity contribution >= 4 is 17.0 Å². The summed E-state index contributed by atoms with van der Waals surface area (Å²) in [7, 11) is 0. The van der Waals surface area contributed by atoms with E-state index in [4.69, 9.17) is 4.74 Å². The van der Waals surface area contributed by atoms with Gasteiger partial charge >= 0.3 is 6.09 Å². The van der Waals surface area contributed by atoms with Gasteiger partial charge in [-0.25, -0.2) is 9.18 Å². The Balaban J connectivity index is 1.00. The van der Waals surface area contributed by atoms with Crippen LogP contribution in [0.3, 0.4) is 0 Å². The van der Waals surface area contributed by atoms with E-state index < -0.39 is 24.1 Å². The fraction of sp³-hybridized carbons (Fsp3) is 0.317. The predicted octanol–water partition coefficient (Wildman–Crippen LogP) is 5.98. The number of piperidine rings is 3. The van der Waals surface area contributed by atoms with E-state index >= 15 is 0 Å². The number of nitrogens with one attached hydrogen (secondary N) is 2. The van der Waals surface area contributed by atoms with Crippen LogP contribution in [0.5, 0.6) is 11.5 Å². The Kier molecular flexibility index (Phi) is 10.5. The highest BCUT2D eigenvalue weighted by Crippen LogP contribution is 2.39. The Morgan fingerprint density at radius 3 is 2.46 bits per heavy atom. The molecule has 5 aromatic rings. The largest absolute Gasteiger partial charge is 0.506 e. The SMILES string of the molecule is O=C(O)N(C(c1cccc(F)c1)c1cccc(OCc2cccc(CCNCC(O)c3ccc(O)c4[nH]c(=O)ccc34)c2)c1)C1CN2CCC1CC2. The number of ether oxygens (including phenoxy) is 1. The van der Waals surface area contributed by atoms with Gasteiger partial charge in [0.25, 0.3) is 0 Å². The number of rotatable bonds is 13. The van der Waals surface area contributed by atoms with Gasteiger partial charge in [0.2, 0.25) is 5.56 Å². The maximum absolute atomic E-state index is 14.6. The summed E-state index contributed by atoms with van der Waals surface area (Å²) in [4.78, 5) is 31.2. The second-order valence-corrected chi connectivity index (χ2v) is 13.8. The molecule has 8 rings (SSSR count). The summed E-state index contributed by atoms with van der Waals surface area (Å²) in [5.41, 5.74) is 3.93. The Morgan fingerprint density at radius 1 is 0.962 bits per heavy atom. The Labute approximate surface area is 301 Å². The summed E-state index contributed by atoms with van der Waals surface area (Å²) in [6, 6.07) is 26.9. The number of hydrogen-bond donors (Lipinski definition) is 5. The second-order valence-electron chi connectivity index (χ2n) is 13.8. The van der Waals surface area contributed by atoms with Gasteiger partial charge < -0.3 is 35.3 Å². The lowest BCUT2D eigenvalue weighted by Crippen LogP contribution is -2.59. The van der Waals surface area contributed by atoms with Crippen LogP contribution in [0.1, 0.15) is 52.8 Å². The van der Waals surface area contributed by atoms with E-state index in [0.717, 1.165) is 42.6 Å². The molecular formula is C41H43FN4O6. The lowest BCUT2D eigenvalue weighted by molar-refractivity contribution is -0.000850. The minimum atomic E-state index is -1.02. The molecule has 5 N–H and O–H groups in total. The van der Waals surface area contributed by atoms with Crippen LogP contribution >= 0.6 is 0 Å². The van der Waals surface area contributed by atoms with Gasteiger partial charge in [-0.1, -0.05) is 54.6 Å². The number of phenols is 1. The summed E-state index contributed by atoms with van der Waals surface area (Å²) in [5, 5.41) is 35.5. The van der Waals surface area contributed by atoms with Crippen molar-refractivity contribution in [1.29, 1.82) is 0 Å². The van der Waals surface area contributed by atoms with Gasteiger partial charge in [-0.2, -0.15) is 0 Å². The molecule has 11 heteroatoms. The number of hydrogen-bond acceptors (Lipinski definition) is 7. The first kappa shape index (κ1) is 35.2. The zero-order chi connectivity index (χ0) is 36.2. The molecule has 1 aromatic heterocycles. The lowest BCUT2D eigenvalue weighted by atomic mass is 9.81. The lowest BCUT2D eigenvalue weighted by Gasteiger charge is -2.50. The second kappa shape index (κ2) is 15.6. The van der Waals surface area contributed by atoms with Gasteiger partial charge in [0.15, 0.2) is 0 Å². The highest BCUT2D eigenvalue weighted by Gasteiger charge is 2.43. The molecule has 0 saturated carbocycles. The van der Waals surface area contributed by atoms with Crippen molar-refractivity contribution in [2.45, 2.75) is 44.1 Å². The molecule has 3 fully saturated rings. The molecule has 3 atom stereocenters. The standard InChI is InChI=1S/C41H43FN4O6/c42-31-8-2-6-29(21-31)40(46(41(50)51)35-24-45-18-15-28(35)16-19-45)30-7-3-9-32(22-30)52-25-27-5-1-4-26(20-27)14-17-43-23-37(48)33-10-12-36(47)39-34(33)11-13-38(49)44-39/h1-13,20-22,28,35,37,40,43,47-48H,14-19,23-25H2,(H,44,49)(H,50,51). The quantitative estimate of drug-likeness (QED) is 0.0944. The van der Waals surface area contributed by atoms with E-state index in [1.165, 1.54) is 29.2 Å². The molecule has 10 nitrogen and oxygen atoms in total. The van der Waals surface area contributed by atoms with Crippen LogP contribution in [-0.2, 0) is 13.0 Å². The number of aliphatic hydroxyl groups is 1. The Bertz CT molecular complexity index is 2100. The fourth-order valence-electron chi connectivity index (χ4n) is 7.83. The van der Waals surface area contributed by atoms with E-state index in [-0.39, 0.29) is 29.8 Å². The monoisotopic (exact) mass is 706 g/mol. The van der Waals surface area contributed by atoms with Gasteiger partial charge in [-0.15, -0.1) is 0 Å². The Morgan fingerprint density at radius 2 is 1.71 bits per heavy atom. The highest BCUT2D eigenvalue weighted by molar-refractivity contribution is 5.87. The van der Waals surface area contributed by atoms with Crippen LogP contribution in [-0.4, -0.2) is 75.0 Å². The van der Waals surface area contributed by atoms with Gasteiger partial charge in [0, 0.05) is 24.5 Å². The zero-order valence-corrected chi connectivity index (χ0v) is 28.7. The maximum atomic E-state index is 14.6. The van der Waals surface area contributed by atoms with E-state index in [1.807, 2.05) is 42.5 Å². The Hall–Kier alpha value is -5.23. The van der Waals surface area contributed by atoms with E-state index in [9.17, 15) is 29.3 Å². The number of aromatic nitrogens is 1. The van der Waals surface area contributed by atoms with Crippen molar-refractivity contribution in [3.05, 3.63) is 141 Å². The number of aromatic amines is 1. The summed E-state index contributed by atoms with van der Waals surface area (Å²) in [5.74, 6) is 0.387. The molecule has 3 unspecified atom stereocenters. The zero-order valence-electron chi connectivity index (χ0n) is 28.7. The van der Waals surface area contributed by atoms with Gasteiger partial charge in [-0.05, 0) is 109 Å². The van der Waals surface area contributed by atoms with Gasteiger partial charge in [0.05, 0.1) is 23.7 Å². The molecule has 0 aliphatic carbocycles. The predicted molar refractivity (Wildman–Crippen MR) is 196 cm³/mol. The highest BCUT2D eigenvalue weighted by atomic mass is 19.1. The number of nitrogens with zero attached hydrogens (tertiary/aromatic N) is 2. The van der Waals surface area contributed by atoms with Crippen molar-refractivity contribution in [3.63, 3.8) is 0 Å². The number of carboxylic acid groups (broad SMARTS) is 1. The molecule has 2 bridgehead atoms. The molecule has 1 amide bonds. The number of phenolic OH excluding ortho intramolecular Hbond substituents is 1. The average molecular weight is 707 g/mol. The first-order chi connectivity index (χ1) is 25.2. The van der Waals surface area contributed by atoms with Crippen LogP contribution in [0.2, 0.25) is 0 Å². The fourth-order valence-corrected chi connectivity index (χ4v) is 7.83. The van der Waals surface area contributed by atoms with Gasteiger partial charge in [-0.3, -0.25) is 9.69 Å². The number of carbonyl (C=O) groups is 1. The molecule has 0 spiro atoms. The number of pyridine rings is 1. The minimum absolute atomic E-state index is 0.0502. The number of fused-ring (bicyclic) bond motifs is 4. The van der Waals surface area contributed by atoms with Crippen molar-refractivity contribution in [2.75, 3.05) is 32.7 Å². The first-order valence-electron chi connectivity index (χ1n) is 17.8. The number of aromatic hydroxyl groups is 1. The molecule has 3 aliphatic rings. The number of aliphatic hydroxyl groups excluding tert-OH is 1. The minimum Gasteiger partial charge on any atom is -0.506 e. The average Bonchev–Trinajstić information content (AvgIpc) is 3.15. The summed E-state index contributed by atoms with van der Waals surface area (Å²) in [6.07, 6.45) is 0.742. The maximum Gasteiger partial charge on any atom is 0.408 e. The molecule has 4 heterocycles. The number of amides is 1. The first-order valence-corrected chi connectivity index (χ1v) is 17.8. The summed E-state index contributed by atoms with van der Waals surface area (Å²) >= 11 is 0. The van der Waals surface area contributed by atoms with E-state index in [0.29, 0.717) is 53.9 Å². The van der Waals surface area contributed by atoms with Crippen molar-refractivity contribution in [2.24, 2.45) is 5.92 Å². The van der Waals surface area contributed by atoms with Crippen LogP contribution in [0.4, 0.5) is 9.18 Å². The van der Waals surface area contributed by atoms with Crippen LogP contribution < -0.4 is 15.6 Å². The topological polar surface area (TPSA) is 138 Å². The van der Waals surface area contributed by atoms with Gasteiger partial charge in [0.1, 0.15) is 23.9 Å². The van der Waals surface area contributed by atoms with Crippen LogP contribution in [0.15, 0.2) is 102 Å². The molecular weight excluding hydrogens is 663 g/mol. The third-order valence-corrected chi connectivity index (χ3v) is 10.4. The number of benzene rings is 4. The normalized spacial score (nSPS) is 19.3. The summed E-state index contributed by atoms with van der Waals surface area (Å²) in [6.45, 7) is 3.82. The van der Waals surface area contributed by atoms with Crippen LogP contribution in [0, 0.1) is 11.7 Å². The smallest absolute Gasteiger partial charge is 0.408 e.